The first-order chi connectivity index (χ1) is 14.9. The van der Waals surface area contributed by atoms with E-state index in [2.05, 4.69) is 4.98 Å². The van der Waals surface area contributed by atoms with Gasteiger partial charge >= 0.3 is 0 Å². The standard InChI is InChI=1S/C25H26N2O4/c1-15-9-11-17(12-10-15)25-27-21(16(2)31-25)13-14-30-22-8-4-5-18-19(22)6-3-7-20(18)23(28)24(26)29/h4-5,7-12,23,28H,3,6,13-14H2,1-2H3,(H2,26,29). The Balaban J connectivity index is 1.47. The SMILES string of the molecule is Cc1ccc(-c2nc(CCOc3cccc4c3CCC=C4C(O)C(N)=O)c(C)o2)cc1. The monoisotopic (exact) mass is 418 g/mol. The Morgan fingerprint density at radius 1 is 1.23 bits per heavy atom. The van der Waals surface area contributed by atoms with E-state index in [9.17, 15) is 9.90 Å². The summed E-state index contributed by atoms with van der Waals surface area (Å²) in [5.74, 6) is 1.39. The van der Waals surface area contributed by atoms with Gasteiger partial charge in [-0.25, -0.2) is 4.98 Å². The fraction of sp³-hybridized carbons (Fsp3) is 0.280. The normalized spacial score (nSPS) is 14.0. The van der Waals surface area contributed by atoms with E-state index in [1.807, 2.05) is 62.4 Å². The van der Waals surface area contributed by atoms with Gasteiger partial charge < -0.3 is 20.0 Å². The third kappa shape index (κ3) is 4.39. The number of hydrogen-bond acceptors (Lipinski definition) is 5. The lowest BCUT2D eigenvalue weighted by molar-refractivity contribution is -0.123. The van der Waals surface area contributed by atoms with Gasteiger partial charge in [0.1, 0.15) is 11.5 Å². The van der Waals surface area contributed by atoms with Gasteiger partial charge in [0.2, 0.25) is 5.89 Å². The lowest BCUT2D eigenvalue weighted by Gasteiger charge is -2.22. The van der Waals surface area contributed by atoms with E-state index in [1.54, 1.807) is 0 Å². The minimum atomic E-state index is -1.31. The van der Waals surface area contributed by atoms with Gasteiger partial charge in [0.15, 0.2) is 6.10 Å². The molecule has 0 saturated carbocycles. The fourth-order valence-electron chi connectivity index (χ4n) is 3.86. The molecule has 6 heteroatoms. The molecule has 0 saturated heterocycles. The Labute approximate surface area is 181 Å². The summed E-state index contributed by atoms with van der Waals surface area (Å²) >= 11 is 0. The van der Waals surface area contributed by atoms with Crippen molar-refractivity contribution in [1.82, 2.24) is 4.98 Å². The van der Waals surface area contributed by atoms with E-state index in [-0.39, 0.29) is 0 Å². The molecule has 0 fully saturated rings. The molecule has 3 aromatic rings. The second-order valence-electron chi connectivity index (χ2n) is 7.77. The van der Waals surface area contributed by atoms with Crippen molar-refractivity contribution >= 4 is 11.5 Å². The molecule has 160 valence electrons. The first-order valence-electron chi connectivity index (χ1n) is 10.4. The van der Waals surface area contributed by atoms with Crippen LogP contribution in [-0.2, 0) is 17.6 Å². The molecular formula is C25H26N2O4. The molecule has 1 amide bonds. The van der Waals surface area contributed by atoms with E-state index in [0.29, 0.717) is 24.5 Å². The number of oxazole rings is 1. The molecular weight excluding hydrogens is 392 g/mol. The number of aryl methyl sites for hydroxylation is 2. The van der Waals surface area contributed by atoms with Crippen LogP contribution in [0.5, 0.6) is 5.75 Å². The Morgan fingerprint density at radius 3 is 2.74 bits per heavy atom. The van der Waals surface area contributed by atoms with Crippen LogP contribution in [0.15, 0.2) is 53.0 Å². The number of primary amides is 1. The first kappa shape index (κ1) is 20.9. The molecule has 0 aliphatic heterocycles. The van der Waals surface area contributed by atoms with Crippen LogP contribution in [0.3, 0.4) is 0 Å². The number of rotatable bonds is 7. The maximum absolute atomic E-state index is 11.5. The van der Waals surface area contributed by atoms with Crippen molar-refractivity contribution in [3.05, 3.63) is 76.7 Å². The fourth-order valence-corrected chi connectivity index (χ4v) is 3.86. The molecule has 6 nitrogen and oxygen atoms in total. The predicted octanol–water partition coefficient (Wildman–Crippen LogP) is 3.76. The maximum atomic E-state index is 11.5. The Bertz CT molecular complexity index is 1130. The second-order valence-corrected chi connectivity index (χ2v) is 7.77. The molecule has 1 aliphatic rings. The Kier molecular flexibility index (Phi) is 5.91. The lowest BCUT2D eigenvalue weighted by Crippen LogP contribution is -2.30. The minimum Gasteiger partial charge on any atom is -0.493 e. The summed E-state index contributed by atoms with van der Waals surface area (Å²) < 4.78 is 11.9. The van der Waals surface area contributed by atoms with Crippen LogP contribution in [0.2, 0.25) is 0 Å². The highest BCUT2D eigenvalue weighted by Crippen LogP contribution is 2.34. The Hall–Kier alpha value is -3.38. The number of amides is 1. The number of aliphatic hydroxyl groups is 1. The zero-order valence-corrected chi connectivity index (χ0v) is 17.7. The molecule has 4 rings (SSSR count). The van der Waals surface area contributed by atoms with Gasteiger partial charge in [0, 0.05) is 17.5 Å². The summed E-state index contributed by atoms with van der Waals surface area (Å²) in [6, 6.07) is 13.7. The van der Waals surface area contributed by atoms with Crippen molar-refractivity contribution in [2.24, 2.45) is 5.73 Å². The minimum absolute atomic E-state index is 0.439. The first-order valence-corrected chi connectivity index (χ1v) is 10.4. The zero-order valence-electron chi connectivity index (χ0n) is 17.7. The van der Waals surface area contributed by atoms with Gasteiger partial charge in [-0.05, 0) is 56.0 Å². The summed E-state index contributed by atoms with van der Waals surface area (Å²) in [5, 5.41) is 10.2. The van der Waals surface area contributed by atoms with Crippen molar-refractivity contribution in [1.29, 1.82) is 0 Å². The number of aliphatic hydroxyl groups excluding tert-OH is 1. The topological polar surface area (TPSA) is 98.6 Å². The molecule has 1 unspecified atom stereocenters. The van der Waals surface area contributed by atoms with Gasteiger partial charge in [0.25, 0.3) is 5.91 Å². The van der Waals surface area contributed by atoms with Gasteiger partial charge in [0.05, 0.1) is 12.3 Å². The average molecular weight is 418 g/mol. The number of allylic oxidation sites excluding steroid dienone is 1. The van der Waals surface area contributed by atoms with Crippen LogP contribution in [0.4, 0.5) is 0 Å². The number of nitrogens with two attached hydrogens (primary N) is 1. The third-order valence-electron chi connectivity index (χ3n) is 5.55. The molecule has 0 spiro atoms. The van der Waals surface area contributed by atoms with Crippen molar-refractivity contribution < 1.29 is 19.1 Å². The molecule has 3 N–H and O–H groups in total. The molecule has 31 heavy (non-hydrogen) atoms. The number of carbonyl (C=O) groups excluding carboxylic acids is 1. The number of aromatic nitrogens is 1. The highest BCUT2D eigenvalue weighted by atomic mass is 16.5. The third-order valence-corrected chi connectivity index (χ3v) is 5.55. The van der Waals surface area contributed by atoms with Gasteiger partial charge in [-0.3, -0.25) is 4.79 Å². The molecule has 1 heterocycles. The Morgan fingerprint density at radius 2 is 2.00 bits per heavy atom. The van der Waals surface area contributed by atoms with Gasteiger partial charge in [-0.1, -0.05) is 35.9 Å². The van der Waals surface area contributed by atoms with Gasteiger partial charge in [-0.15, -0.1) is 0 Å². The highest BCUT2D eigenvalue weighted by Gasteiger charge is 2.24. The number of benzene rings is 2. The smallest absolute Gasteiger partial charge is 0.250 e. The number of carbonyl (C=O) groups is 1. The largest absolute Gasteiger partial charge is 0.493 e. The van der Waals surface area contributed by atoms with Crippen molar-refractivity contribution in [3.8, 4) is 17.2 Å². The van der Waals surface area contributed by atoms with Crippen LogP contribution in [0, 0.1) is 13.8 Å². The van der Waals surface area contributed by atoms with E-state index >= 15 is 0 Å². The molecule has 2 aromatic carbocycles. The summed E-state index contributed by atoms with van der Waals surface area (Å²) in [6.07, 6.45) is 2.66. The van der Waals surface area contributed by atoms with E-state index in [4.69, 9.17) is 14.9 Å². The van der Waals surface area contributed by atoms with Crippen molar-refractivity contribution in [2.45, 2.75) is 39.2 Å². The number of hydrogen-bond donors (Lipinski definition) is 2. The summed E-state index contributed by atoms with van der Waals surface area (Å²) in [7, 11) is 0. The average Bonchev–Trinajstić information content (AvgIpc) is 3.14. The summed E-state index contributed by atoms with van der Waals surface area (Å²) in [5.41, 5.74) is 10.6. The predicted molar refractivity (Wildman–Crippen MR) is 119 cm³/mol. The molecule has 0 radical (unpaired) electrons. The molecule has 1 atom stereocenters. The quantitative estimate of drug-likeness (QED) is 0.609. The van der Waals surface area contributed by atoms with Gasteiger partial charge in [-0.2, -0.15) is 0 Å². The van der Waals surface area contributed by atoms with Crippen LogP contribution in [0.25, 0.3) is 17.0 Å². The van der Waals surface area contributed by atoms with E-state index < -0.39 is 12.0 Å². The van der Waals surface area contributed by atoms with Crippen LogP contribution in [0.1, 0.15) is 34.6 Å². The number of ether oxygens (including phenoxy) is 1. The van der Waals surface area contributed by atoms with Crippen LogP contribution >= 0.6 is 0 Å². The summed E-state index contributed by atoms with van der Waals surface area (Å²) in [6.45, 7) is 4.39. The van der Waals surface area contributed by atoms with Crippen LogP contribution in [-0.4, -0.2) is 28.7 Å². The van der Waals surface area contributed by atoms with Crippen molar-refractivity contribution in [3.63, 3.8) is 0 Å². The van der Waals surface area contributed by atoms with Crippen LogP contribution < -0.4 is 10.5 Å². The molecule has 1 aliphatic carbocycles. The van der Waals surface area contributed by atoms with E-state index in [0.717, 1.165) is 46.7 Å². The highest BCUT2D eigenvalue weighted by molar-refractivity contribution is 5.94. The number of nitrogens with zero attached hydrogens (tertiary/aromatic N) is 1. The maximum Gasteiger partial charge on any atom is 0.250 e. The summed E-state index contributed by atoms with van der Waals surface area (Å²) in [4.78, 5) is 16.1. The lowest BCUT2D eigenvalue weighted by atomic mass is 9.87. The van der Waals surface area contributed by atoms with E-state index in [1.165, 1.54) is 5.56 Å². The molecule has 1 aromatic heterocycles. The van der Waals surface area contributed by atoms with Crippen molar-refractivity contribution in [2.75, 3.05) is 6.61 Å². The second kappa shape index (κ2) is 8.78. The zero-order chi connectivity index (χ0) is 22.0. The number of fused-ring (bicyclic) bond motifs is 1. The molecule has 0 bridgehead atoms.